The molecule has 0 amide bonds. The van der Waals surface area contributed by atoms with Gasteiger partial charge in [-0.1, -0.05) is 35.4 Å². The van der Waals surface area contributed by atoms with Gasteiger partial charge in [0.1, 0.15) is 12.4 Å². The maximum absolute atomic E-state index is 9.30. The molecule has 2 rings (SSSR count). The van der Waals surface area contributed by atoms with Crippen molar-refractivity contribution >= 4 is 11.6 Å². The predicted molar refractivity (Wildman–Crippen MR) is 77.6 cm³/mol. The van der Waals surface area contributed by atoms with Crippen molar-refractivity contribution in [1.29, 1.82) is 0 Å². The number of hydrogen-bond donors (Lipinski definition) is 1. The lowest BCUT2D eigenvalue weighted by atomic mass is 10.1. The summed E-state index contributed by atoms with van der Waals surface area (Å²) in [6.45, 7) is 4.53. The van der Waals surface area contributed by atoms with E-state index in [9.17, 15) is 5.11 Å². The summed E-state index contributed by atoms with van der Waals surface area (Å²) in [5.41, 5.74) is 4.27. The highest BCUT2D eigenvalue weighted by Crippen LogP contribution is 2.24. The number of ether oxygens (including phenoxy) is 1. The molecule has 0 saturated heterocycles. The Morgan fingerprint density at radius 1 is 1.05 bits per heavy atom. The van der Waals surface area contributed by atoms with Crippen molar-refractivity contribution in [2.24, 2.45) is 0 Å². The molecule has 3 heteroatoms. The van der Waals surface area contributed by atoms with Crippen LogP contribution in [0.1, 0.15) is 22.3 Å². The highest BCUT2D eigenvalue weighted by atomic mass is 35.5. The van der Waals surface area contributed by atoms with Gasteiger partial charge >= 0.3 is 0 Å². The molecule has 0 fully saturated rings. The second kappa shape index (κ2) is 6.09. The topological polar surface area (TPSA) is 29.5 Å². The molecule has 0 spiro atoms. The molecule has 0 bridgehead atoms. The van der Waals surface area contributed by atoms with Gasteiger partial charge in [0.15, 0.2) is 0 Å². The summed E-state index contributed by atoms with van der Waals surface area (Å²) in [4.78, 5) is 0. The summed E-state index contributed by atoms with van der Waals surface area (Å²) in [7, 11) is 0. The van der Waals surface area contributed by atoms with Crippen LogP contribution >= 0.6 is 11.6 Å². The van der Waals surface area contributed by atoms with Crippen LogP contribution < -0.4 is 4.74 Å². The molecule has 0 heterocycles. The molecule has 0 aliphatic carbocycles. The van der Waals surface area contributed by atoms with Gasteiger partial charge in [-0.2, -0.15) is 0 Å². The highest BCUT2D eigenvalue weighted by molar-refractivity contribution is 6.30. The van der Waals surface area contributed by atoms with E-state index in [0.29, 0.717) is 22.9 Å². The third kappa shape index (κ3) is 3.49. The Labute approximate surface area is 118 Å². The summed E-state index contributed by atoms with van der Waals surface area (Å²) >= 11 is 5.89. The smallest absolute Gasteiger partial charge is 0.125 e. The van der Waals surface area contributed by atoms with Crippen molar-refractivity contribution in [3.05, 3.63) is 63.7 Å². The van der Waals surface area contributed by atoms with E-state index >= 15 is 0 Å². The fourth-order valence-corrected chi connectivity index (χ4v) is 2.12. The van der Waals surface area contributed by atoms with Crippen LogP contribution in [0.4, 0.5) is 0 Å². The van der Waals surface area contributed by atoms with Gasteiger partial charge in [-0.25, -0.2) is 0 Å². The summed E-state index contributed by atoms with van der Waals surface area (Å²) < 4.78 is 5.79. The molecule has 2 aromatic rings. The summed E-state index contributed by atoms with van der Waals surface area (Å²) in [6, 6.07) is 11.6. The molecule has 0 saturated carbocycles. The van der Waals surface area contributed by atoms with Gasteiger partial charge in [0, 0.05) is 10.6 Å². The normalized spacial score (nSPS) is 10.5. The van der Waals surface area contributed by atoms with E-state index in [2.05, 4.69) is 32.0 Å². The van der Waals surface area contributed by atoms with Crippen molar-refractivity contribution < 1.29 is 9.84 Å². The van der Waals surface area contributed by atoms with E-state index in [0.717, 1.165) is 5.56 Å². The average molecular weight is 277 g/mol. The number of halogens is 1. The molecule has 0 aliphatic rings. The zero-order valence-corrected chi connectivity index (χ0v) is 11.9. The van der Waals surface area contributed by atoms with Crippen LogP contribution in [0.5, 0.6) is 5.75 Å². The van der Waals surface area contributed by atoms with E-state index < -0.39 is 0 Å². The van der Waals surface area contributed by atoms with E-state index in [-0.39, 0.29) is 6.61 Å². The summed E-state index contributed by atoms with van der Waals surface area (Å²) in [6.07, 6.45) is 0. The molecule has 2 nitrogen and oxygen atoms in total. The zero-order valence-electron chi connectivity index (χ0n) is 11.1. The van der Waals surface area contributed by atoms with Crippen LogP contribution in [0.3, 0.4) is 0 Å². The van der Waals surface area contributed by atoms with Gasteiger partial charge in [0.05, 0.1) is 6.61 Å². The zero-order chi connectivity index (χ0) is 13.8. The number of aryl methyl sites for hydroxylation is 2. The third-order valence-corrected chi connectivity index (χ3v) is 3.32. The molecule has 0 aromatic heterocycles. The van der Waals surface area contributed by atoms with Gasteiger partial charge in [-0.05, 0) is 43.2 Å². The van der Waals surface area contributed by atoms with Crippen molar-refractivity contribution in [2.75, 3.05) is 0 Å². The molecular formula is C16H17ClO2. The number of aliphatic hydroxyl groups excluding tert-OH is 1. The Balaban J connectivity index is 2.16. The van der Waals surface area contributed by atoms with Crippen LogP contribution in [0.15, 0.2) is 36.4 Å². The first-order valence-electron chi connectivity index (χ1n) is 6.18. The lowest BCUT2D eigenvalue weighted by molar-refractivity contribution is 0.259. The Morgan fingerprint density at radius 3 is 2.58 bits per heavy atom. The van der Waals surface area contributed by atoms with Crippen molar-refractivity contribution in [3.8, 4) is 5.75 Å². The molecular weight excluding hydrogens is 260 g/mol. The van der Waals surface area contributed by atoms with Gasteiger partial charge in [0.25, 0.3) is 0 Å². The third-order valence-electron chi connectivity index (χ3n) is 3.08. The monoisotopic (exact) mass is 276 g/mol. The minimum Gasteiger partial charge on any atom is -0.489 e. The Hall–Kier alpha value is -1.51. The second-order valence-corrected chi connectivity index (χ2v) is 5.07. The molecule has 1 N–H and O–H groups in total. The minimum absolute atomic E-state index is 0.0807. The fourth-order valence-electron chi connectivity index (χ4n) is 1.92. The van der Waals surface area contributed by atoms with Crippen LogP contribution in [-0.2, 0) is 13.2 Å². The predicted octanol–water partition coefficient (Wildman–Crippen LogP) is 4.03. The Morgan fingerprint density at radius 2 is 1.84 bits per heavy atom. The van der Waals surface area contributed by atoms with Gasteiger partial charge < -0.3 is 9.84 Å². The van der Waals surface area contributed by atoms with Gasteiger partial charge in [0.2, 0.25) is 0 Å². The highest BCUT2D eigenvalue weighted by Gasteiger charge is 2.05. The first kappa shape index (κ1) is 13.9. The van der Waals surface area contributed by atoms with Crippen molar-refractivity contribution in [1.82, 2.24) is 0 Å². The Kier molecular flexibility index (Phi) is 4.46. The largest absolute Gasteiger partial charge is 0.489 e. The number of aliphatic hydroxyl groups is 1. The van der Waals surface area contributed by atoms with E-state index in [1.54, 1.807) is 18.2 Å². The van der Waals surface area contributed by atoms with E-state index in [1.165, 1.54) is 11.1 Å². The number of benzene rings is 2. The minimum atomic E-state index is -0.0807. The van der Waals surface area contributed by atoms with E-state index in [1.807, 2.05) is 0 Å². The van der Waals surface area contributed by atoms with Crippen molar-refractivity contribution in [2.45, 2.75) is 27.1 Å². The number of hydrogen-bond acceptors (Lipinski definition) is 2. The lowest BCUT2D eigenvalue weighted by Crippen LogP contribution is -2.01. The molecule has 0 radical (unpaired) electrons. The van der Waals surface area contributed by atoms with Crippen molar-refractivity contribution in [3.63, 3.8) is 0 Å². The summed E-state index contributed by atoms with van der Waals surface area (Å²) in [5, 5.41) is 9.90. The molecule has 0 aliphatic heterocycles. The molecule has 100 valence electrons. The molecule has 0 atom stereocenters. The maximum atomic E-state index is 9.30. The number of rotatable bonds is 4. The van der Waals surface area contributed by atoms with Crippen LogP contribution in [0.2, 0.25) is 5.02 Å². The maximum Gasteiger partial charge on any atom is 0.125 e. The molecule has 2 aromatic carbocycles. The van der Waals surface area contributed by atoms with Crippen LogP contribution in [-0.4, -0.2) is 5.11 Å². The average Bonchev–Trinajstić information content (AvgIpc) is 2.40. The SMILES string of the molecule is Cc1ccc(C)c(COc2ccc(Cl)cc2CO)c1. The standard InChI is InChI=1S/C16H17ClO2/c1-11-3-4-12(2)14(7-11)10-19-16-6-5-15(17)8-13(16)9-18/h3-8,18H,9-10H2,1-2H3. The van der Waals surface area contributed by atoms with Gasteiger partial charge in [-0.15, -0.1) is 0 Å². The quantitative estimate of drug-likeness (QED) is 0.914. The molecule has 19 heavy (non-hydrogen) atoms. The first-order chi connectivity index (χ1) is 9.10. The fraction of sp³-hybridized carbons (Fsp3) is 0.250. The Bertz CT molecular complexity index is 579. The lowest BCUT2D eigenvalue weighted by Gasteiger charge is -2.12. The van der Waals surface area contributed by atoms with Gasteiger partial charge in [-0.3, -0.25) is 0 Å². The second-order valence-electron chi connectivity index (χ2n) is 4.63. The van der Waals surface area contributed by atoms with Crippen LogP contribution in [0, 0.1) is 13.8 Å². The summed E-state index contributed by atoms with van der Waals surface area (Å²) in [5.74, 6) is 0.674. The van der Waals surface area contributed by atoms with Crippen LogP contribution in [0.25, 0.3) is 0 Å². The van der Waals surface area contributed by atoms with E-state index in [4.69, 9.17) is 16.3 Å². The molecule has 0 unspecified atom stereocenters. The first-order valence-corrected chi connectivity index (χ1v) is 6.56.